The van der Waals surface area contributed by atoms with Gasteiger partial charge in [0, 0.05) is 0 Å². The third kappa shape index (κ3) is 29.6. The number of carbonyl (C=O) groups excluding carboxylic acids is 1. The van der Waals surface area contributed by atoms with Gasteiger partial charge in [0.15, 0.2) is 0 Å². The zero-order chi connectivity index (χ0) is 19.7. The van der Waals surface area contributed by atoms with Gasteiger partial charge < -0.3 is 14.5 Å². The second-order valence-electron chi connectivity index (χ2n) is 6.07. The molecule has 0 fully saturated rings. The van der Waals surface area contributed by atoms with Crippen LogP contribution < -0.4 is 93.8 Å². The number of hydrogen-bond donors (Lipinski definition) is 0. The number of unbranched alkanes of at least 4 members (excludes halogenated alkanes) is 9. The van der Waals surface area contributed by atoms with Crippen molar-refractivity contribution >= 4 is 16.4 Å². The molecule has 0 saturated carbocycles. The molecule has 0 radical (unpaired) electrons. The van der Waals surface area contributed by atoms with E-state index >= 15 is 0 Å². The number of carboxylic acid groups (broad SMARTS) is 1. The molecule has 6 nitrogen and oxygen atoms in total. The largest absolute Gasteiger partial charge is 1.00 e. The average Bonchev–Trinajstić information content (AvgIpc) is 2.60. The van der Waals surface area contributed by atoms with E-state index in [1.54, 1.807) is 18.2 Å². The summed E-state index contributed by atoms with van der Waals surface area (Å²) in [6, 6.07) is 8.06. The Morgan fingerprint density at radius 3 is 1.59 bits per heavy atom. The Hall–Kier alpha value is 1.56. The number of carbonyl (C=O) groups is 1. The minimum absolute atomic E-state index is 0. The number of rotatable bonds is 13. The Morgan fingerprint density at radius 2 is 1.24 bits per heavy atom. The molecule has 0 N–H and O–H groups in total. The zero-order valence-corrected chi connectivity index (χ0v) is 25.3. The van der Waals surface area contributed by atoms with Crippen molar-refractivity contribution in [2.24, 2.45) is 0 Å². The molecule has 1 aromatic rings. The van der Waals surface area contributed by atoms with Gasteiger partial charge in [-0.15, -0.1) is 0 Å². The van der Waals surface area contributed by atoms with Crippen LogP contribution in [-0.4, -0.2) is 25.5 Å². The van der Waals surface area contributed by atoms with Gasteiger partial charge in [0.2, 0.25) is 10.4 Å². The standard InChI is InChI=1S/C12H26O4S.C7H6O2.3Na/c1-2-3-4-5-6-7-8-9-10-11-12-16-17(13,14)15;8-7(9)6-4-2-1-3-5-6;;;/h2-12H2,1H3,(H,13,14,15);1-5H,(H,8,9);;;/q;;3*+1/p-2. The number of benzene rings is 1. The summed E-state index contributed by atoms with van der Waals surface area (Å²) in [5.74, 6) is -1.13. The van der Waals surface area contributed by atoms with E-state index in [9.17, 15) is 22.9 Å². The molecular weight excluding hydrogens is 425 g/mol. The maximum atomic E-state index is 10.1. The van der Waals surface area contributed by atoms with Crippen molar-refractivity contribution in [1.29, 1.82) is 0 Å². The predicted molar refractivity (Wildman–Crippen MR) is 98.3 cm³/mol. The van der Waals surface area contributed by atoms with E-state index in [2.05, 4.69) is 11.1 Å². The molecule has 0 aliphatic rings. The molecule has 150 valence electrons. The van der Waals surface area contributed by atoms with E-state index in [1.165, 1.54) is 57.1 Å². The Bertz CT molecular complexity index is 571. The third-order valence-electron chi connectivity index (χ3n) is 3.74. The van der Waals surface area contributed by atoms with Gasteiger partial charge in [-0.2, -0.15) is 0 Å². The summed E-state index contributed by atoms with van der Waals surface area (Å²) in [5.41, 5.74) is 0.220. The smallest absolute Gasteiger partial charge is 0.726 e. The molecule has 1 aromatic carbocycles. The van der Waals surface area contributed by atoms with Crippen LogP contribution in [0.2, 0.25) is 0 Å². The summed E-state index contributed by atoms with van der Waals surface area (Å²) in [7, 11) is -4.48. The maximum absolute atomic E-state index is 10.1. The van der Waals surface area contributed by atoms with Crippen molar-refractivity contribution in [1.82, 2.24) is 0 Å². The second-order valence-corrected chi connectivity index (χ2v) is 7.12. The first-order valence-corrected chi connectivity index (χ1v) is 10.6. The Balaban J connectivity index is -0.000000223. The van der Waals surface area contributed by atoms with Gasteiger partial charge in [0.1, 0.15) is 0 Å². The molecule has 0 amide bonds. The fraction of sp³-hybridized carbons (Fsp3) is 0.632. The SMILES string of the molecule is CCCCCCCCCCCCOS(=O)(=O)[O-].O=C([O-])c1ccccc1.[Na+].[Na+].[Na+]. The predicted octanol–water partition coefficient (Wildman–Crippen LogP) is -5.55. The molecular formula is C19H30Na3O6S+. The van der Waals surface area contributed by atoms with Crippen LogP contribution in [0.1, 0.15) is 81.5 Å². The summed E-state index contributed by atoms with van der Waals surface area (Å²) in [5, 5.41) is 10.1. The first-order chi connectivity index (χ1) is 12.4. The van der Waals surface area contributed by atoms with Crippen molar-refractivity contribution in [3.8, 4) is 0 Å². The summed E-state index contributed by atoms with van der Waals surface area (Å²) >= 11 is 0. The summed E-state index contributed by atoms with van der Waals surface area (Å²) < 4.78 is 34.5. The fourth-order valence-corrected chi connectivity index (χ4v) is 2.65. The molecule has 0 atom stereocenters. The quantitative estimate of drug-likeness (QED) is 0.127. The van der Waals surface area contributed by atoms with E-state index in [0.29, 0.717) is 6.42 Å². The Morgan fingerprint density at radius 1 is 0.828 bits per heavy atom. The van der Waals surface area contributed by atoms with Gasteiger partial charge in [0.25, 0.3) is 0 Å². The number of hydrogen-bond acceptors (Lipinski definition) is 6. The summed E-state index contributed by atoms with van der Waals surface area (Å²) in [4.78, 5) is 10.1. The molecule has 0 bridgehead atoms. The van der Waals surface area contributed by atoms with E-state index in [4.69, 9.17) is 0 Å². The van der Waals surface area contributed by atoms with Crippen LogP contribution in [0.3, 0.4) is 0 Å². The molecule has 1 rings (SSSR count). The normalized spacial score (nSPS) is 9.72. The van der Waals surface area contributed by atoms with Crippen molar-refractivity contribution < 1.29 is 116 Å². The Labute approximate surface area is 242 Å². The topological polar surface area (TPSA) is 107 Å². The van der Waals surface area contributed by atoms with Gasteiger partial charge in [-0.1, -0.05) is 95.0 Å². The van der Waals surface area contributed by atoms with Gasteiger partial charge in [-0.25, -0.2) is 8.42 Å². The average molecular weight is 455 g/mol. The van der Waals surface area contributed by atoms with Crippen molar-refractivity contribution in [3.05, 3.63) is 35.9 Å². The molecule has 0 saturated heterocycles. The van der Waals surface area contributed by atoms with Crippen molar-refractivity contribution in [2.45, 2.75) is 71.1 Å². The van der Waals surface area contributed by atoms with Crippen molar-refractivity contribution in [3.63, 3.8) is 0 Å². The number of carboxylic acids is 1. The van der Waals surface area contributed by atoms with Crippen LogP contribution in [-0.2, 0) is 14.6 Å². The number of aromatic carboxylic acids is 1. The fourth-order valence-electron chi connectivity index (χ4n) is 2.32. The van der Waals surface area contributed by atoms with Gasteiger partial charge in [0.05, 0.1) is 12.6 Å². The maximum Gasteiger partial charge on any atom is 1.00 e. The van der Waals surface area contributed by atoms with E-state index < -0.39 is 16.4 Å². The molecule has 0 unspecified atom stereocenters. The summed E-state index contributed by atoms with van der Waals surface area (Å²) in [6.45, 7) is 2.24. The van der Waals surface area contributed by atoms with Gasteiger partial charge in [-0.05, 0) is 12.0 Å². The second kappa shape index (κ2) is 25.8. The first kappa shape index (κ1) is 37.9. The van der Waals surface area contributed by atoms with Crippen LogP contribution >= 0.6 is 0 Å². The monoisotopic (exact) mass is 455 g/mol. The van der Waals surface area contributed by atoms with E-state index in [-0.39, 0.29) is 101 Å². The molecule has 0 spiro atoms. The minimum atomic E-state index is -4.48. The van der Waals surface area contributed by atoms with E-state index in [1.807, 2.05) is 0 Å². The van der Waals surface area contributed by atoms with Gasteiger partial charge in [-0.3, -0.25) is 4.18 Å². The van der Waals surface area contributed by atoms with Crippen LogP contribution in [0.25, 0.3) is 0 Å². The third-order valence-corrected chi connectivity index (χ3v) is 4.19. The molecule has 0 heterocycles. The van der Waals surface area contributed by atoms with Crippen LogP contribution in [0.5, 0.6) is 0 Å². The minimum Gasteiger partial charge on any atom is -0.726 e. The van der Waals surface area contributed by atoms with Crippen molar-refractivity contribution in [2.75, 3.05) is 6.61 Å². The van der Waals surface area contributed by atoms with Crippen LogP contribution in [0, 0.1) is 0 Å². The first-order valence-electron chi connectivity index (χ1n) is 9.23. The van der Waals surface area contributed by atoms with Crippen LogP contribution in [0.15, 0.2) is 30.3 Å². The van der Waals surface area contributed by atoms with E-state index in [0.717, 1.165) is 12.8 Å². The molecule has 0 aliphatic carbocycles. The molecule has 0 aliphatic heterocycles. The zero-order valence-electron chi connectivity index (χ0n) is 18.5. The summed E-state index contributed by atoms with van der Waals surface area (Å²) in [6.07, 6.45) is 11.7. The Kier molecular flexibility index (Phi) is 33.7. The van der Waals surface area contributed by atoms with Crippen LogP contribution in [0.4, 0.5) is 0 Å². The van der Waals surface area contributed by atoms with Gasteiger partial charge >= 0.3 is 88.7 Å². The molecule has 10 heteroatoms. The molecule has 29 heavy (non-hydrogen) atoms. The molecule has 0 aromatic heterocycles.